The molecule has 4 N–H and O–H groups in total. The van der Waals surface area contributed by atoms with Crippen LogP contribution in [0.4, 0.5) is 14.6 Å². The van der Waals surface area contributed by atoms with Crippen LogP contribution in [0.1, 0.15) is 41.9 Å². The fourth-order valence-corrected chi connectivity index (χ4v) is 4.64. The number of fused-ring (bicyclic) bond motifs is 1. The van der Waals surface area contributed by atoms with Crippen LogP contribution < -0.4 is 16.4 Å². The van der Waals surface area contributed by atoms with E-state index in [1.165, 1.54) is 0 Å². The maximum atomic E-state index is 14.2. The number of hydrogen-bond donors (Lipinski definition) is 3. The molecular formula is C21H22F2N6O2S. The molecule has 0 aliphatic heterocycles. The van der Waals surface area contributed by atoms with Crippen LogP contribution in [0.2, 0.25) is 0 Å². The number of carbonyl (C=O) groups excluding carboxylic acids is 2. The molecule has 2 saturated carbocycles. The summed E-state index contributed by atoms with van der Waals surface area (Å²) in [6.07, 6.45) is 5.81. The van der Waals surface area contributed by atoms with Gasteiger partial charge in [-0.15, -0.1) is 11.3 Å². The number of aromatic nitrogens is 3. The van der Waals surface area contributed by atoms with Crippen molar-refractivity contribution in [3.05, 3.63) is 34.9 Å². The van der Waals surface area contributed by atoms with Crippen LogP contribution in [0, 0.1) is 5.92 Å². The van der Waals surface area contributed by atoms with Crippen molar-refractivity contribution < 1.29 is 18.4 Å². The molecule has 0 radical (unpaired) electrons. The lowest BCUT2D eigenvalue weighted by Gasteiger charge is -2.36. The Morgan fingerprint density at radius 3 is 2.75 bits per heavy atom. The number of imidazole rings is 1. The van der Waals surface area contributed by atoms with Crippen LogP contribution in [-0.2, 0) is 4.79 Å². The van der Waals surface area contributed by atoms with E-state index in [0.717, 1.165) is 29.7 Å². The SMILES string of the molecule is N[C@@H]1CCCC(F)(F)[C@@H]1NC(=O)c1nc(-c2ccc3nc(NC(=O)C4CC4)cn3c2)cs1. The molecule has 0 aromatic carbocycles. The molecule has 32 heavy (non-hydrogen) atoms. The number of thiazole rings is 1. The lowest BCUT2D eigenvalue weighted by atomic mass is 9.87. The molecule has 3 heterocycles. The minimum absolute atomic E-state index is 0.0213. The summed E-state index contributed by atoms with van der Waals surface area (Å²) in [6, 6.07) is 1.39. The highest BCUT2D eigenvalue weighted by Gasteiger charge is 2.46. The molecule has 2 fully saturated rings. The minimum Gasteiger partial charge on any atom is -0.340 e. The summed E-state index contributed by atoms with van der Waals surface area (Å²) >= 11 is 1.08. The van der Waals surface area contributed by atoms with Crippen LogP contribution in [0.3, 0.4) is 0 Å². The Balaban J connectivity index is 1.32. The molecule has 0 spiro atoms. The number of rotatable bonds is 5. The summed E-state index contributed by atoms with van der Waals surface area (Å²) in [5.74, 6) is -3.16. The van der Waals surface area contributed by atoms with Crippen LogP contribution in [0.5, 0.6) is 0 Å². The second kappa shape index (κ2) is 7.89. The zero-order valence-corrected chi connectivity index (χ0v) is 17.9. The van der Waals surface area contributed by atoms with Crippen molar-refractivity contribution in [2.75, 3.05) is 5.32 Å². The quantitative estimate of drug-likeness (QED) is 0.542. The second-order valence-corrected chi connectivity index (χ2v) is 9.24. The Hall–Kier alpha value is -2.92. The lowest BCUT2D eigenvalue weighted by molar-refractivity contribution is -0.117. The Bertz CT molecular complexity index is 1190. The van der Waals surface area contributed by atoms with E-state index in [9.17, 15) is 18.4 Å². The normalized spacial score (nSPS) is 22.6. The van der Waals surface area contributed by atoms with Gasteiger partial charge in [0, 0.05) is 35.5 Å². The van der Waals surface area contributed by atoms with Crippen LogP contribution in [0.15, 0.2) is 29.9 Å². The second-order valence-electron chi connectivity index (χ2n) is 8.38. The summed E-state index contributed by atoms with van der Waals surface area (Å²) in [4.78, 5) is 33.2. The van der Waals surface area contributed by atoms with Gasteiger partial charge < -0.3 is 20.8 Å². The van der Waals surface area contributed by atoms with Crippen molar-refractivity contribution in [2.24, 2.45) is 11.7 Å². The third-order valence-corrected chi connectivity index (χ3v) is 6.70. The summed E-state index contributed by atoms with van der Waals surface area (Å²) in [5, 5.41) is 6.99. The Morgan fingerprint density at radius 2 is 2.00 bits per heavy atom. The molecule has 0 unspecified atom stereocenters. The maximum absolute atomic E-state index is 14.2. The average Bonchev–Trinajstić information content (AvgIpc) is 3.34. The predicted molar refractivity (Wildman–Crippen MR) is 116 cm³/mol. The van der Waals surface area contributed by atoms with Gasteiger partial charge >= 0.3 is 0 Å². The number of alkyl halides is 2. The fraction of sp³-hybridized carbons (Fsp3) is 0.429. The van der Waals surface area contributed by atoms with Crippen LogP contribution in [0.25, 0.3) is 16.9 Å². The first-order valence-electron chi connectivity index (χ1n) is 10.5. The van der Waals surface area contributed by atoms with Crippen molar-refractivity contribution in [1.82, 2.24) is 19.7 Å². The van der Waals surface area contributed by atoms with Crippen LogP contribution >= 0.6 is 11.3 Å². The molecule has 2 aliphatic carbocycles. The Morgan fingerprint density at radius 1 is 1.19 bits per heavy atom. The van der Waals surface area contributed by atoms with Gasteiger partial charge in [0.25, 0.3) is 11.8 Å². The molecule has 2 amide bonds. The van der Waals surface area contributed by atoms with Gasteiger partial charge in [-0.05, 0) is 37.8 Å². The monoisotopic (exact) mass is 460 g/mol. The number of nitrogens with zero attached hydrogens (tertiary/aromatic N) is 3. The maximum Gasteiger partial charge on any atom is 0.280 e. The third kappa shape index (κ3) is 4.09. The van der Waals surface area contributed by atoms with Gasteiger partial charge in [-0.3, -0.25) is 9.59 Å². The van der Waals surface area contributed by atoms with E-state index in [0.29, 0.717) is 30.0 Å². The smallest absolute Gasteiger partial charge is 0.280 e. The van der Waals surface area contributed by atoms with Crippen molar-refractivity contribution in [2.45, 2.75) is 50.1 Å². The number of nitrogens with one attached hydrogen (secondary N) is 2. The largest absolute Gasteiger partial charge is 0.340 e. The van der Waals surface area contributed by atoms with E-state index in [1.54, 1.807) is 34.3 Å². The number of pyridine rings is 1. The topological polar surface area (TPSA) is 114 Å². The summed E-state index contributed by atoms with van der Waals surface area (Å²) in [6.45, 7) is 0. The number of amides is 2. The first kappa shape index (κ1) is 21.0. The first-order valence-corrected chi connectivity index (χ1v) is 11.4. The van der Waals surface area contributed by atoms with Crippen molar-refractivity contribution >= 4 is 34.6 Å². The molecule has 0 saturated heterocycles. The van der Waals surface area contributed by atoms with Gasteiger partial charge in [0.1, 0.15) is 11.7 Å². The summed E-state index contributed by atoms with van der Waals surface area (Å²) in [5.41, 5.74) is 7.76. The number of hydrogen-bond acceptors (Lipinski definition) is 6. The Kier molecular flexibility index (Phi) is 5.17. The van der Waals surface area contributed by atoms with Gasteiger partial charge in [-0.25, -0.2) is 18.7 Å². The molecule has 3 aromatic heterocycles. The van der Waals surface area contributed by atoms with Gasteiger partial charge in [0.2, 0.25) is 5.91 Å². The lowest BCUT2D eigenvalue weighted by Crippen LogP contribution is -2.59. The van der Waals surface area contributed by atoms with Crippen LogP contribution in [-0.4, -0.2) is 44.2 Å². The minimum atomic E-state index is -3.04. The highest BCUT2D eigenvalue weighted by molar-refractivity contribution is 7.12. The standard InChI is InChI=1S/C21H22F2N6O2S/c22-21(23)7-1-2-13(24)17(21)28-19(31)20-25-14(10-32-20)12-5-6-16-26-15(9-29(16)8-12)27-18(30)11-3-4-11/h5-6,8-11,13,17H,1-4,7,24H2,(H,27,30)(H,28,31)/t13-,17-/m1/s1. The van der Waals surface area contributed by atoms with Gasteiger partial charge in [0.15, 0.2) is 10.8 Å². The van der Waals surface area contributed by atoms with Crippen molar-refractivity contribution in [3.8, 4) is 11.3 Å². The summed E-state index contributed by atoms with van der Waals surface area (Å²) in [7, 11) is 0. The molecule has 2 atom stereocenters. The van der Waals surface area contributed by atoms with E-state index >= 15 is 0 Å². The predicted octanol–water partition coefficient (Wildman–Crippen LogP) is 3.05. The fourth-order valence-electron chi connectivity index (χ4n) is 3.91. The third-order valence-electron chi connectivity index (χ3n) is 5.86. The molecule has 0 bridgehead atoms. The Labute approximate surface area is 186 Å². The molecule has 3 aromatic rings. The summed E-state index contributed by atoms with van der Waals surface area (Å²) < 4.78 is 30.2. The average molecular weight is 461 g/mol. The van der Waals surface area contributed by atoms with E-state index < -0.39 is 23.9 Å². The highest BCUT2D eigenvalue weighted by atomic mass is 32.1. The van der Waals surface area contributed by atoms with E-state index in [4.69, 9.17) is 5.73 Å². The number of halogens is 2. The molecular weight excluding hydrogens is 438 g/mol. The first-order chi connectivity index (χ1) is 15.3. The number of nitrogens with two attached hydrogens (primary N) is 1. The molecule has 11 heteroatoms. The van der Waals surface area contributed by atoms with Crippen molar-refractivity contribution in [1.29, 1.82) is 0 Å². The van der Waals surface area contributed by atoms with E-state index in [1.807, 2.05) is 0 Å². The molecule has 2 aliphatic rings. The van der Waals surface area contributed by atoms with Gasteiger partial charge in [-0.2, -0.15) is 0 Å². The van der Waals surface area contributed by atoms with E-state index in [2.05, 4.69) is 20.6 Å². The molecule has 5 rings (SSSR count). The number of carbonyl (C=O) groups is 2. The highest BCUT2D eigenvalue weighted by Crippen LogP contribution is 2.33. The van der Waals surface area contributed by atoms with Gasteiger partial charge in [-0.1, -0.05) is 0 Å². The van der Waals surface area contributed by atoms with E-state index in [-0.39, 0.29) is 23.3 Å². The molecule has 168 valence electrons. The van der Waals surface area contributed by atoms with Crippen molar-refractivity contribution in [3.63, 3.8) is 0 Å². The zero-order valence-electron chi connectivity index (χ0n) is 17.1. The van der Waals surface area contributed by atoms with Gasteiger partial charge in [0.05, 0.1) is 11.9 Å². The molecule has 8 nitrogen and oxygen atoms in total. The zero-order chi connectivity index (χ0) is 22.5. The number of anilines is 1.